The third-order valence-electron chi connectivity index (χ3n) is 4.87. The zero-order valence-corrected chi connectivity index (χ0v) is 14.9. The van der Waals surface area contributed by atoms with Crippen LogP contribution in [0.1, 0.15) is 40.6 Å². The number of nitrogens with two attached hydrogens (primary N) is 1. The lowest BCUT2D eigenvalue weighted by molar-refractivity contribution is 0.0695. The van der Waals surface area contributed by atoms with Gasteiger partial charge in [-0.25, -0.2) is 0 Å². The number of piperidine rings is 1. The van der Waals surface area contributed by atoms with Crippen molar-refractivity contribution >= 4 is 5.91 Å². The van der Waals surface area contributed by atoms with E-state index in [4.69, 9.17) is 10.3 Å². The molecule has 0 bridgehead atoms. The monoisotopic (exact) mass is 363 g/mol. The van der Waals surface area contributed by atoms with E-state index in [1.54, 1.807) is 24.5 Å². The SMILES string of the molecule is NCc1ccc(-c2noc(C3CCCN(C(=O)c4ccncc4)C3)n2)cc1. The summed E-state index contributed by atoms with van der Waals surface area (Å²) < 4.78 is 5.52. The van der Waals surface area contributed by atoms with Crippen molar-refractivity contribution in [3.05, 3.63) is 65.8 Å². The number of aromatic nitrogens is 3. The van der Waals surface area contributed by atoms with Crippen molar-refractivity contribution in [1.29, 1.82) is 0 Å². The van der Waals surface area contributed by atoms with E-state index < -0.39 is 0 Å². The highest BCUT2D eigenvalue weighted by Crippen LogP contribution is 2.28. The summed E-state index contributed by atoms with van der Waals surface area (Å²) in [4.78, 5) is 23.1. The molecule has 1 aliphatic heterocycles. The number of carbonyl (C=O) groups excluding carboxylic acids is 1. The molecule has 1 atom stereocenters. The highest BCUT2D eigenvalue weighted by molar-refractivity contribution is 5.94. The second-order valence-corrected chi connectivity index (χ2v) is 6.68. The fraction of sp³-hybridized carbons (Fsp3) is 0.300. The van der Waals surface area contributed by atoms with Crippen LogP contribution in [-0.2, 0) is 6.54 Å². The van der Waals surface area contributed by atoms with E-state index in [-0.39, 0.29) is 11.8 Å². The molecule has 3 aromatic rings. The van der Waals surface area contributed by atoms with Gasteiger partial charge in [-0.15, -0.1) is 0 Å². The molecule has 3 heterocycles. The van der Waals surface area contributed by atoms with Crippen molar-refractivity contribution in [2.24, 2.45) is 5.73 Å². The van der Waals surface area contributed by atoms with Crippen LogP contribution in [0.3, 0.4) is 0 Å². The Morgan fingerprint density at radius 1 is 1.19 bits per heavy atom. The molecule has 4 rings (SSSR count). The molecule has 1 saturated heterocycles. The minimum Gasteiger partial charge on any atom is -0.339 e. The molecule has 2 aromatic heterocycles. The number of hydrogen-bond acceptors (Lipinski definition) is 6. The smallest absolute Gasteiger partial charge is 0.253 e. The summed E-state index contributed by atoms with van der Waals surface area (Å²) in [5, 5.41) is 4.12. The van der Waals surface area contributed by atoms with Crippen molar-refractivity contribution in [2.45, 2.75) is 25.3 Å². The minimum absolute atomic E-state index is 0.0132. The summed E-state index contributed by atoms with van der Waals surface area (Å²) in [6, 6.07) is 11.3. The van der Waals surface area contributed by atoms with Crippen molar-refractivity contribution in [2.75, 3.05) is 13.1 Å². The van der Waals surface area contributed by atoms with E-state index >= 15 is 0 Å². The zero-order valence-electron chi connectivity index (χ0n) is 14.9. The van der Waals surface area contributed by atoms with Gasteiger partial charge in [0.15, 0.2) is 0 Å². The molecule has 1 fully saturated rings. The molecular weight excluding hydrogens is 342 g/mol. The fourth-order valence-corrected chi connectivity index (χ4v) is 3.35. The van der Waals surface area contributed by atoms with Gasteiger partial charge in [-0.1, -0.05) is 29.4 Å². The number of nitrogens with zero attached hydrogens (tertiary/aromatic N) is 4. The first-order chi connectivity index (χ1) is 13.2. The van der Waals surface area contributed by atoms with Crippen LogP contribution in [0.5, 0.6) is 0 Å². The molecule has 7 heteroatoms. The maximum Gasteiger partial charge on any atom is 0.253 e. The normalized spacial score (nSPS) is 17.1. The highest BCUT2D eigenvalue weighted by Gasteiger charge is 2.29. The third-order valence-corrected chi connectivity index (χ3v) is 4.87. The van der Waals surface area contributed by atoms with Gasteiger partial charge in [0.2, 0.25) is 11.7 Å². The first-order valence-corrected chi connectivity index (χ1v) is 9.07. The first-order valence-electron chi connectivity index (χ1n) is 9.07. The van der Waals surface area contributed by atoms with Crippen LogP contribution in [-0.4, -0.2) is 39.0 Å². The largest absolute Gasteiger partial charge is 0.339 e. The van der Waals surface area contributed by atoms with Crippen LogP contribution in [0.4, 0.5) is 0 Å². The molecule has 1 aliphatic rings. The number of carbonyl (C=O) groups is 1. The van der Waals surface area contributed by atoms with Gasteiger partial charge in [-0.2, -0.15) is 4.98 Å². The van der Waals surface area contributed by atoms with Crippen LogP contribution < -0.4 is 5.73 Å². The summed E-state index contributed by atoms with van der Waals surface area (Å²) >= 11 is 0. The Balaban J connectivity index is 1.48. The van der Waals surface area contributed by atoms with Gasteiger partial charge in [-0.3, -0.25) is 9.78 Å². The average molecular weight is 363 g/mol. The predicted molar refractivity (Wildman–Crippen MR) is 99.7 cm³/mol. The first kappa shape index (κ1) is 17.4. The predicted octanol–water partition coefficient (Wildman–Crippen LogP) is 2.61. The molecular formula is C20H21N5O2. The molecule has 0 spiro atoms. The van der Waals surface area contributed by atoms with Crippen LogP contribution in [0, 0.1) is 0 Å². The van der Waals surface area contributed by atoms with Gasteiger partial charge in [0.05, 0.1) is 5.92 Å². The summed E-state index contributed by atoms with van der Waals surface area (Å²) in [7, 11) is 0. The van der Waals surface area contributed by atoms with Crippen molar-refractivity contribution in [3.8, 4) is 11.4 Å². The molecule has 2 N–H and O–H groups in total. The molecule has 138 valence electrons. The van der Waals surface area contributed by atoms with Gasteiger partial charge >= 0.3 is 0 Å². The maximum absolute atomic E-state index is 12.7. The van der Waals surface area contributed by atoms with Crippen molar-refractivity contribution in [1.82, 2.24) is 20.0 Å². The second kappa shape index (κ2) is 7.67. The Morgan fingerprint density at radius 3 is 2.70 bits per heavy atom. The molecule has 1 aromatic carbocycles. The summed E-state index contributed by atoms with van der Waals surface area (Å²) in [5.41, 5.74) is 8.23. The Kier molecular flexibility index (Phi) is 4.93. The summed E-state index contributed by atoms with van der Waals surface area (Å²) in [5.74, 6) is 1.21. The number of benzene rings is 1. The molecule has 7 nitrogen and oxygen atoms in total. The van der Waals surface area contributed by atoms with Crippen molar-refractivity contribution < 1.29 is 9.32 Å². The number of likely N-dealkylation sites (tertiary alicyclic amines) is 1. The van der Waals surface area contributed by atoms with E-state index in [9.17, 15) is 4.79 Å². The molecule has 0 radical (unpaired) electrons. The van der Waals surface area contributed by atoms with Gasteiger partial charge in [0.1, 0.15) is 0 Å². The Hall–Kier alpha value is -3.06. The lowest BCUT2D eigenvalue weighted by Gasteiger charge is -2.31. The van der Waals surface area contributed by atoms with Gasteiger partial charge < -0.3 is 15.2 Å². The Bertz CT molecular complexity index is 908. The number of pyridine rings is 1. The minimum atomic E-state index is 0.0132. The maximum atomic E-state index is 12.7. The molecule has 0 saturated carbocycles. The molecule has 27 heavy (non-hydrogen) atoms. The standard InChI is InChI=1S/C20H21N5O2/c21-12-14-3-5-15(6-4-14)18-23-19(27-24-18)17-2-1-11-25(13-17)20(26)16-7-9-22-10-8-16/h3-10,17H,1-2,11-13,21H2. The zero-order chi connectivity index (χ0) is 18.6. The second-order valence-electron chi connectivity index (χ2n) is 6.68. The summed E-state index contributed by atoms with van der Waals surface area (Å²) in [6.07, 6.45) is 5.10. The highest BCUT2D eigenvalue weighted by atomic mass is 16.5. The van der Waals surface area contributed by atoms with Gasteiger partial charge in [0.25, 0.3) is 5.91 Å². The average Bonchev–Trinajstić information content (AvgIpc) is 3.24. The Labute approximate surface area is 157 Å². The van der Waals surface area contributed by atoms with E-state index in [2.05, 4.69) is 15.1 Å². The lowest BCUT2D eigenvalue weighted by atomic mass is 9.97. The van der Waals surface area contributed by atoms with Crippen LogP contribution >= 0.6 is 0 Å². The van der Waals surface area contributed by atoms with Crippen LogP contribution in [0.2, 0.25) is 0 Å². The van der Waals surface area contributed by atoms with Gasteiger partial charge in [0, 0.05) is 43.2 Å². The molecule has 1 amide bonds. The van der Waals surface area contributed by atoms with Crippen LogP contribution in [0.15, 0.2) is 53.3 Å². The van der Waals surface area contributed by atoms with E-state index in [0.29, 0.717) is 30.4 Å². The number of hydrogen-bond donors (Lipinski definition) is 1. The fourth-order valence-electron chi connectivity index (χ4n) is 3.35. The Morgan fingerprint density at radius 2 is 1.96 bits per heavy atom. The lowest BCUT2D eigenvalue weighted by Crippen LogP contribution is -2.39. The third kappa shape index (κ3) is 3.73. The van der Waals surface area contributed by atoms with E-state index in [0.717, 1.165) is 30.5 Å². The van der Waals surface area contributed by atoms with E-state index in [1.807, 2.05) is 29.2 Å². The molecule has 1 unspecified atom stereocenters. The number of amides is 1. The number of rotatable bonds is 4. The topological polar surface area (TPSA) is 98.1 Å². The quantitative estimate of drug-likeness (QED) is 0.765. The summed E-state index contributed by atoms with van der Waals surface area (Å²) in [6.45, 7) is 1.81. The molecule has 0 aliphatic carbocycles. The van der Waals surface area contributed by atoms with Crippen molar-refractivity contribution in [3.63, 3.8) is 0 Å². The van der Waals surface area contributed by atoms with Crippen LogP contribution in [0.25, 0.3) is 11.4 Å². The van der Waals surface area contributed by atoms with Gasteiger partial charge in [-0.05, 0) is 30.5 Å². The van der Waals surface area contributed by atoms with E-state index in [1.165, 1.54) is 0 Å².